The van der Waals surface area contributed by atoms with Crippen molar-refractivity contribution in [2.75, 3.05) is 5.32 Å². The van der Waals surface area contributed by atoms with Crippen molar-refractivity contribution in [2.24, 2.45) is 0 Å². The van der Waals surface area contributed by atoms with E-state index in [1.807, 2.05) is 24.3 Å². The molecular weight excluding hydrogens is 322 g/mol. The number of nitrogens with one attached hydrogen (secondary N) is 1. The summed E-state index contributed by atoms with van der Waals surface area (Å²) in [6.45, 7) is -0.00659. The molecule has 2 aromatic heterocycles. The second-order valence-corrected chi connectivity index (χ2v) is 4.98. The fourth-order valence-corrected chi connectivity index (χ4v) is 2.19. The molecule has 0 fully saturated rings. The first-order valence-electron chi connectivity index (χ1n) is 6.99. The molecule has 0 saturated heterocycles. The van der Waals surface area contributed by atoms with E-state index in [1.54, 1.807) is 24.5 Å². The summed E-state index contributed by atoms with van der Waals surface area (Å²) in [4.78, 5) is 6.44. The molecule has 24 heavy (non-hydrogen) atoms. The van der Waals surface area contributed by atoms with Gasteiger partial charge >= 0.3 is 0 Å². The molecule has 3 rings (SSSR count). The topological polar surface area (TPSA) is 37.8 Å². The first-order valence-corrected chi connectivity index (χ1v) is 6.99. The molecule has 0 aliphatic carbocycles. The predicted molar refractivity (Wildman–Crippen MR) is 81.1 cm³/mol. The average Bonchev–Trinajstić information content (AvgIpc) is 2.61. The minimum atomic E-state index is -1.69. The quantitative estimate of drug-likeness (QED) is 0.571. The number of pyridine rings is 2. The van der Waals surface area contributed by atoms with Crippen molar-refractivity contribution < 1.29 is 17.6 Å². The number of benzene rings is 1. The first-order chi connectivity index (χ1) is 11.6. The molecule has 1 aromatic carbocycles. The van der Waals surface area contributed by atoms with E-state index >= 15 is 0 Å². The number of nitrogens with zero attached hydrogens (tertiary/aromatic N) is 2. The van der Waals surface area contributed by atoms with Gasteiger partial charge in [0.2, 0.25) is 11.6 Å². The Balaban J connectivity index is 1.77. The van der Waals surface area contributed by atoms with Crippen molar-refractivity contribution in [1.29, 1.82) is 0 Å². The van der Waals surface area contributed by atoms with Crippen LogP contribution in [-0.2, 0) is 6.54 Å². The highest BCUT2D eigenvalue weighted by Gasteiger charge is 2.20. The van der Waals surface area contributed by atoms with Gasteiger partial charge in [0, 0.05) is 18.9 Å². The van der Waals surface area contributed by atoms with Crippen molar-refractivity contribution >= 4 is 5.69 Å². The zero-order valence-electron chi connectivity index (χ0n) is 12.2. The van der Waals surface area contributed by atoms with E-state index in [0.717, 1.165) is 11.1 Å². The minimum absolute atomic E-state index is 0.00659. The third-order valence-electron chi connectivity index (χ3n) is 3.43. The Hall–Kier alpha value is -2.96. The second kappa shape index (κ2) is 6.66. The standard InChI is InChI=1S/C17H11F4N3/c18-13-15(14(19)17(21)24-16(13)20)23-9-10-1-3-11(4-2-10)12-5-7-22-8-6-12/h1-8H,9H2,(H,23,24). The lowest BCUT2D eigenvalue weighted by molar-refractivity contribution is 0.410. The highest BCUT2D eigenvalue weighted by molar-refractivity contribution is 5.63. The van der Waals surface area contributed by atoms with Gasteiger partial charge in [-0.3, -0.25) is 4.98 Å². The van der Waals surface area contributed by atoms with Gasteiger partial charge in [-0.25, -0.2) is 0 Å². The lowest BCUT2D eigenvalue weighted by Gasteiger charge is -2.10. The number of hydrogen-bond acceptors (Lipinski definition) is 3. The van der Waals surface area contributed by atoms with Crippen molar-refractivity contribution in [2.45, 2.75) is 6.54 Å². The fourth-order valence-electron chi connectivity index (χ4n) is 2.19. The highest BCUT2D eigenvalue weighted by atomic mass is 19.2. The Kier molecular flexibility index (Phi) is 4.41. The van der Waals surface area contributed by atoms with Crippen LogP contribution in [0.5, 0.6) is 0 Å². The van der Waals surface area contributed by atoms with Crippen molar-refractivity contribution in [3.8, 4) is 11.1 Å². The van der Waals surface area contributed by atoms with Crippen LogP contribution in [0.25, 0.3) is 11.1 Å². The predicted octanol–water partition coefficient (Wildman–Crippen LogP) is 4.31. The maximum atomic E-state index is 13.5. The molecule has 2 heterocycles. The summed E-state index contributed by atoms with van der Waals surface area (Å²) in [6.07, 6.45) is 3.34. The van der Waals surface area contributed by atoms with E-state index in [9.17, 15) is 17.6 Å². The van der Waals surface area contributed by atoms with Gasteiger partial charge in [0.05, 0.1) is 0 Å². The molecule has 0 saturated carbocycles. The normalized spacial score (nSPS) is 10.7. The van der Waals surface area contributed by atoms with Gasteiger partial charge in [0.1, 0.15) is 5.69 Å². The number of halogens is 4. The summed E-state index contributed by atoms with van der Waals surface area (Å²) in [5, 5.41) is 2.36. The lowest BCUT2D eigenvalue weighted by atomic mass is 10.1. The van der Waals surface area contributed by atoms with Crippen LogP contribution < -0.4 is 5.32 Å². The third kappa shape index (κ3) is 3.19. The van der Waals surface area contributed by atoms with Crippen LogP contribution in [-0.4, -0.2) is 9.97 Å². The van der Waals surface area contributed by atoms with Crippen molar-refractivity contribution in [3.05, 3.63) is 77.9 Å². The molecule has 0 atom stereocenters. The van der Waals surface area contributed by atoms with Crippen molar-refractivity contribution in [1.82, 2.24) is 9.97 Å². The Labute approximate surface area is 135 Å². The van der Waals surface area contributed by atoms with Gasteiger partial charge in [0.25, 0.3) is 11.9 Å². The largest absolute Gasteiger partial charge is 0.376 e. The number of aromatic nitrogens is 2. The first kappa shape index (κ1) is 15.9. The van der Waals surface area contributed by atoms with Gasteiger partial charge in [-0.1, -0.05) is 24.3 Å². The zero-order chi connectivity index (χ0) is 17.1. The molecule has 1 N–H and O–H groups in total. The molecule has 0 aliphatic rings. The monoisotopic (exact) mass is 333 g/mol. The van der Waals surface area contributed by atoms with E-state index in [1.165, 1.54) is 0 Å². The molecule has 0 spiro atoms. The zero-order valence-corrected chi connectivity index (χ0v) is 12.2. The summed E-state index contributed by atoms with van der Waals surface area (Å²) in [7, 11) is 0. The summed E-state index contributed by atoms with van der Waals surface area (Å²) < 4.78 is 53.1. The molecule has 3 nitrogen and oxygen atoms in total. The smallest absolute Gasteiger partial charge is 0.253 e. The van der Waals surface area contributed by atoms with E-state index < -0.39 is 29.2 Å². The van der Waals surface area contributed by atoms with E-state index in [2.05, 4.69) is 15.3 Å². The molecule has 0 bridgehead atoms. The Morgan fingerprint density at radius 3 is 1.88 bits per heavy atom. The summed E-state index contributed by atoms with van der Waals surface area (Å²) >= 11 is 0. The van der Waals surface area contributed by atoms with Gasteiger partial charge in [-0.2, -0.15) is 22.5 Å². The molecule has 0 radical (unpaired) electrons. The molecule has 122 valence electrons. The van der Waals surface area contributed by atoms with E-state index in [-0.39, 0.29) is 6.54 Å². The van der Waals surface area contributed by atoms with Crippen LogP contribution in [0.15, 0.2) is 48.8 Å². The number of rotatable bonds is 4. The summed E-state index contributed by atoms with van der Waals surface area (Å²) in [5.41, 5.74) is 1.72. The Bertz CT molecular complexity index is 826. The van der Waals surface area contributed by atoms with Crippen molar-refractivity contribution in [3.63, 3.8) is 0 Å². The van der Waals surface area contributed by atoms with Gasteiger partial charge < -0.3 is 5.32 Å². The average molecular weight is 333 g/mol. The summed E-state index contributed by atoms with van der Waals surface area (Å²) in [5.74, 6) is -6.49. The van der Waals surface area contributed by atoms with Crippen LogP contribution in [0.1, 0.15) is 5.56 Å². The Morgan fingerprint density at radius 1 is 0.750 bits per heavy atom. The lowest BCUT2D eigenvalue weighted by Crippen LogP contribution is -2.09. The van der Waals surface area contributed by atoms with Crippen LogP contribution in [0.3, 0.4) is 0 Å². The molecule has 3 aromatic rings. The third-order valence-corrected chi connectivity index (χ3v) is 3.43. The maximum absolute atomic E-state index is 13.5. The van der Waals surface area contributed by atoms with Gasteiger partial charge in [-0.05, 0) is 28.8 Å². The van der Waals surface area contributed by atoms with E-state index in [4.69, 9.17) is 0 Å². The van der Waals surface area contributed by atoms with Crippen LogP contribution in [0, 0.1) is 23.5 Å². The highest BCUT2D eigenvalue weighted by Crippen LogP contribution is 2.23. The van der Waals surface area contributed by atoms with Crippen LogP contribution in [0.2, 0.25) is 0 Å². The number of anilines is 1. The maximum Gasteiger partial charge on any atom is 0.253 e. The molecule has 0 aliphatic heterocycles. The number of hydrogen-bond donors (Lipinski definition) is 1. The molecule has 0 amide bonds. The Morgan fingerprint density at radius 2 is 1.29 bits per heavy atom. The molecular formula is C17H11F4N3. The van der Waals surface area contributed by atoms with Crippen LogP contribution in [0.4, 0.5) is 23.2 Å². The molecule has 7 heteroatoms. The van der Waals surface area contributed by atoms with Crippen LogP contribution >= 0.6 is 0 Å². The second-order valence-electron chi connectivity index (χ2n) is 4.98. The minimum Gasteiger partial charge on any atom is -0.376 e. The summed E-state index contributed by atoms with van der Waals surface area (Å²) in [6, 6.07) is 10.8. The fraction of sp³-hybridized carbons (Fsp3) is 0.0588. The molecule has 0 unspecified atom stereocenters. The van der Waals surface area contributed by atoms with Gasteiger partial charge in [-0.15, -0.1) is 0 Å². The van der Waals surface area contributed by atoms with E-state index in [0.29, 0.717) is 5.56 Å². The van der Waals surface area contributed by atoms with Gasteiger partial charge in [0.15, 0.2) is 0 Å². The SMILES string of the molecule is Fc1nc(F)c(F)c(NCc2ccc(-c3ccncc3)cc2)c1F.